The number of carbonyl (C=O) groups is 1. The fourth-order valence-corrected chi connectivity index (χ4v) is 1.25. The maximum atomic E-state index is 10.7. The van der Waals surface area contributed by atoms with Gasteiger partial charge >= 0.3 is 0 Å². The quantitative estimate of drug-likeness (QED) is 0.611. The predicted molar refractivity (Wildman–Crippen MR) is 48.7 cm³/mol. The number of hydrogen-bond donors (Lipinski definition) is 2. The Kier molecular flexibility index (Phi) is 2.48. The Morgan fingerprint density at radius 3 is 3.00 bits per heavy atom. The normalized spacial score (nSPS) is 24.6. The van der Waals surface area contributed by atoms with Crippen LogP contribution in [0.4, 0.5) is 0 Å². The van der Waals surface area contributed by atoms with Crippen molar-refractivity contribution in [3.05, 3.63) is 24.3 Å². The Bertz CT molecular complexity index is 400. The molecule has 0 fully saturated rings. The second kappa shape index (κ2) is 3.79. The van der Waals surface area contributed by atoms with Gasteiger partial charge in [0.15, 0.2) is 6.23 Å². The van der Waals surface area contributed by atoms with Gasteiger partial charge in [0.2, 0.25) is 5.82 Å². The number of primary amides is 1. The summed E-state index contributed by atoms with van der Waals surface area (Å²) in [5.74, 6) is -0.742. The molecule has 1 aromatic rings. The molecule has 1 amide bonds. The highest BCUT2D eigenvalue weighted by Gasteiger charge is 2.21. The van der Waals surface area contributed by atoms with Crippen molar-refractivity contribution in [2.24, 2.45) is 5.73 Å². The van der Waals surface area contributed by atoms with Crippen LogP contribution in [0.3, 0.4) is 0 Å². The fourth-order valence-electron chi connectivity index (χ4n) is 1.25. The minimum absolute atomic E-state index is 0.0561. The zero-order valence-corrected chi connectivity index (χ0v) is 7.78. The highest BCUT2D eigenvalue weighted by atomic mass is 16.5. The van der Waals surface area contributed by atoms with Crippen molar-refractivity contribution in [2.75, 3.05) is 6.61 Å². The van der Waals surface area contributed by atoms with E-state index in [2.05, 4.69) is 10.1 Å². The van der Waals surface area contributed by atoms with Gasteiger partial charge in [-0.25, -0.2) is 9.67 Å². The average molecular weight is 210 g/mol. The zero-order valence-electron chi connectivity index (χ0n) is 7.78. The maximum Gasteiger partial charge on any atom is 0.288 e. The first-order chi connectivity index (χ1) is 7.20. The first-order valence-electron chi connectivity index (χ1n) is 4.36. The van der Waals surface area contributed by atoms with Crippen molar-refractivity contribution in [3.8, 4) is 0 Å². The molecule has 0 saturated heterocycles. The number of ether oxygens (including phenoxy) is 1. The summed E-state index contributed by atoms with van der Waals surface area (Å²) >= 11 is 0. The molecule has 2 unspecified atom stereocenters. The lowest BCUT2D eigenvalue weighted by molar-refractivity contribution is -0.0141. The number of aliphatic hydroxyl groups is 1. The van der Waals surface area contributed by atoms with Crippen LogP contribution in [0.1, 0.15) is 16.8 Å². The monoisotopic (exact) mass is 210 g/mol. The largest absolute Gasteiger partial charge is 0.393 e. The molecule has 0 spiro atoms. The van der Waals surface area contributed by atoms with Crippen LogP contribution in [-0.4, -0.2) is 38.5 Å². The van der Waals surface area contributed by atoms with Gasteiger partial charge in [-0.15, -0.1) is 5.10 Å². The number of carbonyl (C=O) groups excluding carboxylic acids is 1. The van der Waals surface area contributed by atoms with Crippen molar-refractivity contribution in [1.82, 2.24) is 14.8 Å². The molecule has 7 heteroatoms. The predicted octanol–water partition coefficient (Wildman–Crippen LogP) is -1.18. The SMILES string of the molecule is NC(=O)c1ncn(C2C=CC(CO)O2)n1. The van der Waals surface area contributed by atoms with E-state index in [1.54, 1.807) is 12.2 Å². The van der Waals surface area contributed by atoms with Crippen molar-refractivity contribution in [2.45, 2.75) is 12.3 Å². The summed E-state index contributed by atoms with van der Waals surface area (Å²) < 4.78 is 6.70. The van der Waals surface area contributed by atoms with Crippen LogP contribution in [0.25, 0.3) is 0 Å². The van der Waals surface area contributed by atoms with E-state index < -0.39 is 12.1 Å². The number of rotatable bonds is 3. The van der Waals surface area contributed by atoms with Gasteiger partial charge in [-0.05, 0) is 6.08 Å². The summed E-state index contributed by atoms with van der Waals surface area (Å²) in [6, 6.07) is 0. The molecule has 15 heavy (non-hydrogen) atoms. The summed E-state index contributed by atoms with van der Waals surface area (Å²) in [5.41, 5.74) is 5.00. The number of aliphatic hydroxyl groups excluding tert-OH is 1. The van der Waals surface area contributed by atoms with Gasteiger partial charge in [0.1, 0.15) is 12.4 Å². The van der Waals surface area contributed by atoms with Crippen molar-refractivity contribution in [1.29, 1.82) is 0 Å². The van der Waals surface area contributed by atoms with Gasteiger partial charge in [0, 0.05) is 0 Å². The number of nitrogens with zero attached hydrogens (tertiary/aromatic N) is 3. The van der Waals surface area contributed by atoms with Crippen molar-refractivity contribution in [3.63, 3.8) is 0 Å². The smallest absolute Gasteiger partial charge is 0.288 e. The van der Waals surface area contributed by atoms with E-state index in [0.717, 1.165) is 0 Å². The van der Waals surface area contributed by atoms with Crippen LogP contribution in [0, 0.1) is 0 Å². The first-order valence-corrected chi connectivity index (χ1v) is 4.36. The fraction of sp³-hybridized carbons (Fsp3) is 0.375. The Labute approximate surface area is 85.2 Å². The zero-order chi connectivity index (χ0) is 10.8. The summed E-state index contributed by atoms with van der Waals surface area (Å²) in [7, 11) is 0. The second-order valence-electron chi connectivity index (χ2n) is 3.05. The highest BCUT2D eigenvalue weighted by Crippen LogP contribution is 2.19. The van der Waals surface area contributed by atoms with Crippen molar-refractivity contribution < 1.29 is 14.6 Å². The van der Waals surface area contributed by atoms with E-state index in [0.29, 0.717) is 0 Å². The minimum Gasteiger partial charge on any atom is -0.393 e. The van der Waals surface area contributed by atoms with Gasteiger partial charge in [-0.2, -0.15) is 0 Å². The summed E-state index contributed by atoms with van der Waals surface area (Å²) in [5, 5.41) is 12.7. The van der Waals surface area contributed by atoms with E-state index in [1.165, 1.54) is 11.0 Å². The van der Waals surface area contributed by atoms with Crippen LogP contribution < -0.4 is 5.73 Å². The Hall–Kier alpha value is -1.73. The molecule has 0 aromatic carbocycles. The Morgan fingerprint density at radius 1 is 1.67 bits per heavy atom. The third kappa shape index (κ3) is 1.88. The maximum absolute atomic E-state index is 10.7. The Morgan fingerprint density at radius 2 is 2.47 bits per heavy atom. The minimum atomic E-state index is -0.686. The van der Waals surface area contributed by atoms with E-state index in [-0.39, 0.29) is 18.5 Å². The lowest BCUT2D eigenvalue weighted by Gasteiger charge is -2.11. The van der Waals surface area contributed by atoms with E-state index in [1.807, 2.05) is 0 Å². The summed E-state index contributed by atoms with van der Waals surface area (Å²) in [4.78, 5) is 14.4. The molecule has 3 N–H and O–H groups in total. The molecule has 0 aliphatic carbocycles. The lowest BCUT2D eigenvalue weighted by Crippen LogP contribution is -2.17. The second-order valence-corrected chi connectivity index (χ2v) is 3.05. The van der Waals surface area contributed by atoms with Gasteiger partial charge in [0.05, 0.1) is 6.61 Å². The van der Waals surface area contributed by atoms with Gasteiger partial charge in [-0.3, -0.25) is 4.79 Å². The number of hydrogen-bond acceptors (Lipinski definition) is 5. The molecule has 7 nitrogen and oxygen atoms in total. The highest BCUT2D eigenvalue weighted by molar-refractivity contribution is 5.88. The van der Waals surface area contributed by atoms with E-state index in [9.17, 15) is 4.79 Å². The van der Waals surface area contributed by atoms with Crippen LogP contribution in [0.5, 0.6) is 0 Å². The molecule has 2 atom stereocenters. The van der Waals surface area contributed by atoms with Gasteiger partial charge in [-0.1, -0.05) is 6.08 Å². The standard InChI is InChI=1S/C8H10N4O3/c9-7(14)8-10-4-12(11-8)6-2-1-5(3-13)15-6/h1-2,4-6,13H,3H2,(H2,9,14). The molecule has 1 aliphatic rings. The van der Waals surface area contributed by atoms with Crippen LogP contribution in [0.2, 0.25) is 0 Å². The average Bonchev–Trinajstić information content (AvgIpc) is 2.86. The molecule has 0 bridgehead atoms. The molecular weight excluding hydrogens is 200 g/mol. The topological polar surface area (TPSA) is 103 Å². The number of nitrogens with two attached hydrogens (primary N) is 1. The molecule has 80 valence electrons. The van der Waals surface area contributed by atoms with Gasteiger partial charge in [0.25, 0.3) is 5.91 Å². The Balaban J connectivity index is 2.11. The molecule has 2 rings (SSSR count). The third-order valence-electron chi connectivity index (χ3n) is 1.97. The molecule has 1 aromatic heterocycles. The summed E-state index contributed by atoms with van der Waals surface area (Å²) in [6.07, 6.45) is 4.02. The van der Waals surface area contributed by atoms with E-state index >= 15 is 0 Å². The lowest BCUT2D eigenvalue weighted by atomic mass is 10.4. The first kappa shape index (κ1) is 9.81. The van der Waals surface area contributed by atoms with E-state index in [4.69, 9.17) is 15.6 Å². The molecule has 0 saturated carbocycles. The molecule has 2 heterocycles. The van der Waals surface area contributed by atoms with Gasteiger partial charge < -0.3 is 15.6 Å². The third-order valence-corrected chi connectivity index (χ3v) is 1.97. The van der Waals surface area contributed by atoms with Crippen LogP contribution in [-0.2, 0) is 4.74 Å². The number of aromatic nitrogens is 3. The molecule has 1 aliphatic heterocycles. The van der Waals surface area contributed by atoms with Crippen LogP contribution >= 0.6 is 0 Å². The molecule has 0 radical (unpaired) electrons. The van der Waals surface area contributed by atoms with Crippen LogP contribution in [0.15, 0.2) is 18.5 Å². The molecular formula is C8H10N4O3. The van der Waals surface area contributed by atoms with Crippen molar-refractivity contribution >= 4 is 5.91 Å². The summed E-state index contributed by atoms with van der Waals surface area (Å²) in [6.45, 7) is -0.0929. The number of amides is 1.